The van der Waals surface area contributed by atoms with Crippen LogP contribution in [0.1, 0.15) is 85.1 Å². The number of aryl methyl sites for hydroxylation is 2. The van der Waals surface area contributed by atoms with Crippen molar-refractivity contribution in [3.05, 3.63) is 74.8 Å². The summed E-state index contributed by atoms with van der Waals surface area (Å²) in [5.74, 6) is 3.70. The maximum Gasteiger partial charge on any atom is 0.253 e. The average molecular weight is 719 g/mol. The Hall–Kier alpha value is -4.51. The molecule has 11 nitrogen and oxygen atoms in total. The summed E-state index contributed by atoms with van der Waals surface area (Å²) in [7, 11) is 0. The van der Waals surface area contributed by atoms with Crippen molar-refractivity contribution >= 4 is 29.5 Å². The second-order valence-corrected chi connectivity index (χ2v) is 16.9. The van der Waals surface area contributed by atoms with Gasteiger partial charge in [0.1, 0.15) is 5.82 Å². The number of hydrogen-bond acceptors (Lipinski definition) is 8. The fourth-order valence-electron chi connectivity index (χ4n) is 11.3. The smallest absolute Gasteiger partial charge is 0.253 e. The molecule has 5 fully saturated rings. The molecule has 280 valence electrons. The van der Waals surface area contributed by atoms with Gasteiger partial charge in [0.15, 0.2) is 0 Å². The van der Waals surface area contributed by atoms with Crippen molar-refractivity contribution in [2.24, 2.45) is 28.6 Å². The molecule has 53 heavy (non-hydrogen) atoms. The molecule has 3 heterocycles. The van der Waals surface area contributed by atoms with Gasteiger partial charge in [-0.15, -0.1) is 0 Å². The van der Waals surface area contributed by atoms with E-state index in [0.29, 0.717) is 33.2 Å². The number of anilines is 2. The molecule has 2 amide bonds. The number of amides is 2. The number of H-pyrrole nitrogens is 1. The van der Waals surface area contributed by atoms with E-state index in [1.807, 2.05) is 58.2 Å². The zero-order valence-electron chi connectivity index (χ0n) is 31.6. The highest BCUT2D eigenvalue weighted by Crippen LogP contribution is 2.93. The molecule has 1 saturated heterocycles. The molecule has 2 atom stereocenters. The summed E-state index contributed by atoms with van der Waals surface area (Å²) in [5.41, 5.74) is 6.09. The van der Waals surface area contributed by atoms with Crippen molar-refractivity contribution in [3.63, 3.8) is 0 Å². The summed E-state index contributed by atoms with van der Waals surface area (Å²) in [4.78, 5) is 51.5. The monoisotopic (exact) mass is 718 g/mol. The number of aromatic nitrogens is 2. The molecule has 5 N–H and O–H groups in total. The lowest BCUT2D eigenvalue weighted by Crippen LogP contribution is -2.85. The average Bonchev–Trinajstić information content (AvgIpc) is 3.09. The fourth-order valence-corrected chi connectivity index (χ4v) is 11.3. The van der Waals surface area contributed by atoms with E-state index in [4.69, 9.17) is 10.4 Å². The highest BCUT2D eigenvalue weighted by atomic mass is 16.2. The van der Waals surface area contributed by atoms with E-state index >= 15 is 0 Å². The summed E-state index contributed by atoms with van der Waals surface area (Å²) in [5, 5.41) is 17.7. The quantitative estimate of drug-likeness (QED) is 0.113. The van der Waals surface area contributed by atoms with E-state index in [1.165, 1.54) is 31.9 Å². The number of carbonyl (C=O) groups excluding carboxylic acids is 2. The van der Waals surface area contributed by atoms with Gasteiger partial charge in [0.25, 0.3) is 11.5 Å². The SMILES string of the molecule is Cc1cc(C)c(CNC(=O)c2cc(-c3ccc(N4CCN(CCCNC(=O)CC56CC7CC8CC(C5)C876)CC4)nc3)cc(NC(C)C)c2C=N)c(=O)[nH]1. The first kappa shape index (κ1) is 35.5. The van der Waals surface area contributed by atoms with Gasteiger partial charge < -0.3 is 31.2 Å². The molecule has 8 rings (SSSR count). The van der Waals surface area contributed by atoms with Gasteiger partial charge in [0.05, 0.1) is 5.56 Å². The zero-order valence-corrected chi connectivity index (χ0v) is 31.6. The van der Waals surface area contributed by atoms with E-state index < -0.39 is 0 Å². The molecule has 2 aromatic heterocycles. The van der Waals surface area contributed by atoms with Crippen LogP contribution in [0.5, 0.6) is 0 Å². The Balaban J connectivity index is 0.849. The molecule has 1 aromatic carbocycles. The molecule has 4 saturated carbocycles. The molecule has 0 radical (unpaired) electrons. The molecule has 5 aliphatic rings. The van der Waals surface area contributed by atoms with Crippen molar-refractivity contribution in [2.45, 2.75) is 78.8 Å². The molecule has 1 aliphatic heterocycles. The minimum atomic E-state index is -0.357. The van der Waals surface area contributed by atoms with E-state index in [-0.39, 0.29) is 30.0 Å². The third kappa shape index (κ3) is 6.05. The Kier molecular flexibility index (Phi) is 9.19. The molecular weight excluding hydrogens is 665 g/mol. The van der Waals surface area contributed by atoms with Crippen LogP contribution < -0.4 is 26.4 Å². The number of benzene rings is 1. The Morgan fingerprint density at radius 1 is 1.02 bits per heavy atom. The minimum Gasteiger partial charge on any atom is -0.382 e. The Bertz CT molecular complexity index is 1950. The number of rotatable bonds is 14. The van der Waals surface area contributed by atoms with E-state index in [0.717, 1.165) is 98.1 Å². The van der Waals surface area contributed by atoms with Gasteiger partial charge in [0.2, 0.25) is 5.91 Å². The lowest BCUT2D eigenvalue weighted by molar-refractivity contribution is -0.430. The highest BCUT2D eigenvalue weighted by Gasteiger charge is 2.87. The van der Waals surface area contributed by atoms with Gasteiger partial charge in [-0.3, -0.25) is 19.3 Å². The summed E-state index contributed by atoms with van der Waals surface area (Å²) in [6.45, 7) is 13.2. The van der Waals surface area contributed by atoms with Crippen LogP contribution in [0.2, 0.25) is 0 Å². The highest BCUT2D eigenvalue weighted by molar-refractivity contribution is 6.06. The molecule has 1 spiro atoms. The number of pyridine rings is 2. The maximum atomic E-state index is 13.6. The first-order valence-corrected chi connectivity index (χ1v) is 19.6. The standard InChI is InChI=1S/C42H54N8O3/c1-25(2)47-36-16-29(15-33(34(36)22-43)39(52)46-24-35-26(3)14-27(4)48-40(35)53)28-6-7-37(45-23-28)50-12-10-49(11-13-50)9-5-8-44-38(51)21-41-19-31-17-30-18-32(20-41)42(30,31)41/h6-7,14-16,22-23,25,30-32,43,47H,5,8-13,17-21,24H2,1-4H3,(H,44,51)(H,46,52)(H,48,53). The topological polar surface area (TPSA) is 146 Å². The van der Waals surface area contributed by atoms with Crippen LogP contribution in [0.4, 0.5) is 11.5 Å². The Labute approximate surface area is 312 Å². The van der Waals surface area contributed by atoms with E-state index in [9.17, 15) is 14.4 Å². The predicted molar refractivity (Wildman–Crippen MR) is 209 cm³/mol. The van der Waals surface area contributed by atoms with Crippen LogP contribution in [0.15, 0.2) is 41.3 Å². The number of nitrogens with zero attached hydrogens (tertiary/aromatic N) is 3. The normalized spacial score (nSPS) is 26.6. The number of hydrogen-bond donors (Lipinski definition) is 5. The third-order valence-electron chi connectivity index (χ3n) is 13.5. The second kappa shape index (κ2) is 13.7. The molecule has 4 aliphatic carbocycles. The Morgan fingerprint density at radius 3 is 2.40 bits per heavy atom. The van der Waals surface area contributed by atoms with Crippen molar-refractivity contribution < 1.29 is 9.59 Å². The molecule has 11 heteroatoms. The molecule has 0 bridgehead atoms. The van der Waals surface area contributed by atoms with Crippen molar-refractivity contribution in [2.75, 3.05) is 49.5 Å². The summed E-state index contributed by atoms with van der Waals surface area (Å²) < 4.78 is 0. The van der Waals surface area contributed by atoms with E-state index in [2.05, 4.69) is 30.7 Å². The number of carbonyl (C=O) groups is 2. The summed E-state index contributed by atoms with van der Waals surface area (Å²) in [6, 6.07) is 9.81. The van der Waals surface area contributed by atoms with Crippen LogP contribution in [-0.4, -0.2) is 78.2 Å². The minimum absolute atomic E-state index is 0.0804. The van der Waals surface area contributed by atoms with Crippen LogP contribution >= 0.6 is 0 Å². The second-order valence-electron chi connectivity index (χ2n) is 16.9. The zero-order chi connectivity index (χ0) is 37.1. The number of nitrogens with one attached hydrogen (secondary N) is 5. The first-order valence-electron chi connectivity index (χ1n) is 19.6. The third-order valence-corrected chi connectivity index (χ3v) is 13.5. The van der Waals surface area contributed by atoms with Crippen LogP contribution in [-0.2, 0) is 11.3 Å². The molecule has 3 aromatic rings. The number of aromatic amines is 1. The van der Waals surface area contributed by atoms with Crippen molar-refractivity contribution in [1.82, 2.24) is 25.5 Å². The fraction of sp³-hybridized carbons (Fsp3) is 0.548. The molecular formula is C42H54N8O3. The largest absolute Gasteiger partial charge is 0.382 e. The van der Waals surface area contributed by atoms with Gasteiger partial charge in [-0.25, -0.2) is 4.98 Å². The Morgan fingerprint density at radius 2 is 1.77 bits per heavy atom. The van der Waals surface area contributed by atoms with E-state index in [1.54, 1.807) is 6.07 Å². The van der Waals surface area contributed by atoms with Crippen LogP contribution in [0.3, 0.4) is 0 Å². The predicted octanol–water partition coefficient (Wildman–Crippen LogP) is 5.26. The summed E-state index contributed by atoms with van der Waals surface area (Å²) in [6.07, 6.45) is 10.3. The number of piperazine rings is 1. The van der Waals surface area contributed by atoms with Crippen molar-refractivity contribution in [3.8, 4) is 11.1 Å². The van der Waals surface area contributed by atoms with Crippen LogP contribution in [0.25, 0.3) is 11.1 Å². The van der Waals surface area contributed by atoms with Gasteiger partial charge in [-0.2, -0.15) is 0 Å². The van der Waals surface area contributed by atoms with Gasteiger partial charge >= 0.3 is 0 Å². The lowest BCUT2D eigenvalue weighted by atomic mass is 9.13. The lowest BCUT2D eigenvalue weighted by Gasteiger charge is -2.91. The van der Waals surface area contributed by atoms with Gasteiger partial charge in [0, 0.05) is 92.2 Å². The van der Waals surface area contributed by atoms with Crippen LogP contribution in [0, 0.1) is 47.8 Å². The summed E-state index contributed by atoms with van der Waals surface area (Å²) >= 11 is 0. The maximum absolute atomic E-state index is 13.6. The van der Waals surface area contributed by atoms with Gasteiger partial charge in [-0.05, 0) is 136 Å². The van der Waals surface area contributed by atoms with Gasteiger partial charge in [-0.1, -0.05) is 0 Å². The first-order chi connectivity index (χ1) is 25.5. The van der Waals surface area contributed by atoms with Crippen molar-refractivity contribution in [1.29, 1.82) is 5.41 Å². The molecule has 2 unspecified atom stereocenters.